The highest BCUT2D eigenvalue weighted by atomic mass is 79.9. The van der Waals surface area contributed by atoms with Gasteiger partial charge in [-0.1, -0.05) is 28.9 Å². The number of rotatable bonds is 1. The van der Waals surface area contributed by atoms with Crippen molar-refractivity contribution in [1.29, 1.82) is 0 Å². The Bertz CT molecular complexity index is 432. The average Bonchev–Trinajstić information content (AvgIpc) is 2.70. The molecule has 0 saturated heterocycles. The molecule has 0 spiro atoms. The van der Waals surface area contributed by atoms with Crippen molar-refractivity contribution in [2.45, 2.75) is 36.4 Å². The Morgan fingerprint density at radius 3 is 2.71 bits per heavy atom. The molecule has 3 heteroatoms. The summed E-state index contributed by atoms with van der Waals surface area (Å²) in [6, 6.07) is 6.41. The van der Waals surface area contributed by atoms with E-state index in [1.54, 1.807) is 0 Å². The van der Waals surface area contributed by atoms with Crippen LogP contribution >= 0.6 is 15.9 Å². The van der Waals surface area contributed by atoms with E-state index in [4.69, 9.17) is 9.47 Å². The molecule has 1 aromatic rings. The van der Waals surface area contributed by atoms with Crippen molar-refractivity contribution in [1.82, 2.24) is 0 Å². The van der Waals surface area contributed by atoms with E-state index in [-0.39, 0.29) is 5.41 Å². The van der Waals surface area contributed by atoms with E-state index in [1.807, 2.05) is 0 Å². The molecular formula is C14H17BrO2. The highest BCUT2D eigenvalue weighted by molar-refractivity contribution is 9.09. The minimum Gasteiger partial charge on any atom is -0.486 e. The molecule has 0 radical (unpaired) electrons. The van der Waals surface area contributed by atoms with Gasteiger partial charge in [-0.25, -0.2) is 0 Å². The van der Waals surface area contributed by atoms with Gasteiger partial charge in [0.1, 0.15) is 13.2 Å². The van der Waals surface area contributed by atoms with E-state index in [0.717, 1.165) is 11.5 Å². The van der Waals surface area contributed by atoms with Crippen LogP contribution in [0.5, 0.6) is 11.5 Å². The van der Waals surface area contributed by atoms with Gasteiger partial charge in [-0.05, 0) is 42.4 Å². The number of hydrogen-bond acceptors (Lipinski definition) is 2. The third kappa shape index (κ3) is 2.05. The largest absolute Gasteiger partial charge is 0.486 e. The lowest BCUT2D eigenvalue weighted by Crippen LogP contribution is -2.20. The van der Waals surface area contributed by atoms with Gasteiger partial charge in [0.25, 0.3) is 0 Å². The lowest BCUT2D eigenvalue weighted by atomic mass is 9.81. The number of ether oxygens (including phenoxy) is 2. The van der Waals surface area contributed by atoms with Crippen LogP contribution in [0.15, 0.2) is 18.2 Å². The second-order valence-corrected chi connectivity index (χ2v) is 6.55. The Balaban J connectivity index is 1.93. The van der Waals surface area contributed by atoms with Crippen LogP contribution in [-0.2, 0) is 5.41 Å². The van der Waals surface area contributed by atoms with Gasteiger partial charge in [0, 0.05) is 4.83 Å². The molecule has 1 saturated carbocycles. The monoisotopic (exact) mass is 296 g/mol. The van der Waals surface area contributed by atoms with E-state index in [1.165, 1.54) is 24.8 Å². The summed E-state index contributed by atoms with van der Waals surface area (Å²) in [5.74, 6) is 1.80. The maximum absolute atomic E-state index is 5.66. The quantitative estimate of drug-likeness (QED) is 0.736. The minimum absolute atomic E-state index is 0.282. The summed E-state index contributed by atoms with van der Waals surface area (Å²) in [7, 11) is 0. The molecule has 3 rings (SSSR count). The van der Waals surface area contributed by atoms with Gasteiger partial charge < -0.3 is 9.47 Å². The Morgan fingerprint density at radius 2 is 2.00 bits per heavy atom. The fraction of sp³-hybridized carbons (Fsp3) is 0.571. The predicted octanol–water partition coefficient (Wildman–Crippen LogP) is 3.66. The lowest BCUT2D eigenvalue weighted by molar-refractivity contribution is 0.171. The van der Waals surface area contributed by atoms with Crippen LogP contribution < -0.4 is 9.47 Å². The molecule has 1 heterocycles. The fourth-order valence-electron chi connectivity index (χ4n) is 2.85. The predicted molar refractivity (Wildman–Crippen MR) is 71.4 cm³/mol. The van der Waals surface area contributed by atoms with Crippen LogP contribution in [0.3, 0.4) is 0 Å². The Morgan fingerprint density at radius 1 is 1.24 bits per heavy atom. The molecular weight excluding hydrogens is 280 g/mol. The molecule has 2 unspecified atom stereocenters. The molecule has 2 aliphatic rings. The van der Waals surface area contributed by atoms with Crippen molar-refractivity contribution >= 4 is 15.9 Å². The van der Waals surface area contributed by atoms with Crippen molar-refractivity contribution in [3.05, 3.63) is 23.8 Å². The molecule has 2 nitrogen and oxygen atoms in total. The first-order valence-corrected chi connectivity index (χ1v) is 7.13. The van der Waals surface area contributed by atoms with E-state index in [9.17, 15) is 0 Å². The van der Waals surface area contributed by atoms with Crippen LogP contribution in [0.25, 0.3) is 0 Å². The molecule has 0 N–H and O–H groups in total. The highest BCUT2D eigenvalue weighted by Crippen LogP contribution is 2.45. The van der Waals surface area contributed by atoms with Gasteiger partial charge in [-0.2, -0.15) is 0 Å². The number of alkyl halides is 1. The topological polar surface area (TPSA) is 18.5 Å². The van der Waals surface area contributed by atoms with Crippen LogP contribution in [0.4, 0.5) is 0 Å². The number of benzene rings is 1. The van der Waals surface area contributed by atoms with Crippen molar-refractivity contribution in [3.63, 3.8) is 0 Å². The van der Waals surface area contributed by atoms with Crippen LogP contribution in [0, 0.1) is 0 Å². The number of halogens is 1. The third-order valence-corrected chi connectivity index (χ3v) is 4.70. The molecule has 0 amide bonds. The highest BCUT2D eigenvalue weighted by Gasteiger charge is 2.36. The number of fused-ring (bicyclic) bond motifs is 1. The maximum atomic E-state index is 5.66. The molecule has 2 atom stereocenters. The van der Waals surface area contributed by atoms with E-state index >= 15 is 0 Å². The third-order valence-electron chi connectivity index (χ3n) is 3.92. The standard InChI is InChI=1S/C14H17BrO2/c1-14(5-4-11(15)9-14)10-2-3-12-13(8-10)17-7-6-16-12/h2-3,8,11H,4-7,9H2,1H3. The lowest BCUT2D eigenvalue weighted by Gasteiger charge is -2.27. The zero-order chi connectivity index (χ0) is 11.9. The molecule has 0 bridgehead atoms. The van der Waals surface area contributed by atoms with Gasteiger partial charge in [0.15, 0.2) is 11.5 Å². The van der Waals surface area contributed by atoms with Gasteiger partial charge in [0.2, 0.25) is 0 Å². The maximum Gasteiger partial charge on any atom is 0.161 e. The summed E-state index contributed by atoms with van der Waals surface area (Å²) >= 11 is 3.73. The molecule has 92 valence electrons. The first kappa shape index (κ1) is 11.4. The molecule has 0 aromatic heterocycles. The Kier molecular flexibility index (Phi) is 2.81. The number of hydrogen-bond donors (Lipinski definition) is 0. The summed E-state index contributed by atoms with van der Waals surface area (Å²) in [5, 5.41) is 0. The van der Waals surface area contributed by atoms with Crippen molar-refractivity contribution in [2.75, 3.05) is 13.2 Å². The first-order chi connectivity index (χ1) is 8.17. The van der Waals surface area contributed by atoms with Gasteiger partial charge in [0.05, 0.1) is 0 Å². The van der Waals surface area contributed by atoms with Gasteiger partial charge in [-0.15, -0.1) is 0 Å². The summed E-state index contributed by atoms with van der Waals surface area (Å²) in [6.45, 7) is 3.67. The van der Waals surface area contributed by atoms with Crippen LogP contribution in [-0.4, -0.2) is 18.0 Å². The summed E-state index contributed by atoms with van der Waals surface area (Å²) < 4.78 is 11.2. The van der Waals surface area contributed by atoms with Gasteiger partial charge >= 0.3 is 0 Å². The summed E-state index contributed by atoms with van der Waals surface area (Å²) in [6.07, 6.45) is 3.69. The van der Waals surface area contributed by atoms with Crippen LogP contribution in [0.1, 0.15) is 31.7 Å². The van der Waals surface area contributed by atoms with E-state index < -0.39 is 0 Å². The Labute approximate surface area is 110 Å². The normalized spacial score (nSPS) is 31.5. The Hall–Kier alpha value is -0.700. The summed E-state index contributed by atoms with van der Waals surface area (Å²) in [4.78, 5) is 0.653. The zero-order valence-corrected chi connectivity index (χ0v) is 11.6. The van der Waals surface area contributed by atoms with Crippen molar-refractivity contribution in [2.24, 2.45) is 0 Å². The second kappa shape index (κ2) is 4.20. The van der Waals surface area contributed by atoms with Crippen molar-refractivity contribution < 1.29 is 9.47 Å². The fourth-order valence-corrected chi connectivity index (χ4v) is 3.79. The smallest absolute Gasteiger partial charge is 0.161 e. The molecule has 17 heavy (non-hydrogen) atoms. The van der Waals surface area contributed by atoms with E-state index in [0.29, 0.717) is 18.0 Å². The molecule has 1 aromatic carbocycles. The second-order valence-electron chi connectivity index (χ2n) is 5.26. The van der Waals surface area contributed by atoms with E-state index in [2.05, 4.69) is 41.1 Å². The van der Waals surface area contributed by atoms with Gasteiger partial charge in [-0.3, -0.25) is 0 Å². The minimum atomic E-state index is 0.282. The summed E-state index contributed by atoms with van der Waals surface area (Å²) in [5.41, 5.74) is 1.66. The molecule has 1 fully saturated rings. The molecule has 1 aliphatic carbocycles. The first-order valence-electron chi connectivity index (χ1n) is 6.22. The zero-order valence-electron chi connectivity index (χ0n) is 10.0. The average molecular weight is 297 g/mol. The SMILES string of the molecule is CC1(c2ccc3c(c2)OCCO3)CCC(Br)C1. The molecule has 1 aliphatic heterocycles. The van der Waals surface area contributed by atoms with Crippen LogP contribution in [0.2, 0.25) is 0 Å². The van der Waals surface area contributed by atoms with Crippen molar-refractivity contribution in [3.8, 4) is 11.5 Å².